The largest absolute Gasteiger partial charge is 0.494 e. The number of aryl methyl sites for hydroxylation is 1. The molecule has 0 heterocycles. The third-order valence-corrected chi connectivity index (χ3v) is 2.57. The molecule has 0 bridgehead atoms. The standard InChI is InChI=1S/C13H17FO3/c1-17-12-8-7-10(9-11(12)14)5-3-2-4-6-13(15)16/h7-9H,2-6H2,1H3,(H,15,16). The van der Waals surface area contributed by atoms with E-state index in [4.69, 9.17) is 9.84 Å². The SMILES string of the molecule is COc1ccc(CCCCCC(=O)O)cc1F. The molecule has 1 aromatic rings. The minimum atomic E-state index is -0.763. The summed E-state index contributed by atoms with van der Waals surface area (Å²) < 4.78 is 18.2. The molecule has 0 fully saturated rings. The number of halogens is 1. The lowest BCUT2D eigenvalue weighted by atomic mass is 10.1. The number of ether oxygens (including phenoxy) is 1. The number of aliphatic carboxylic acids is 1. The van der Waals surface area contributed by atoms with Gasteiger partial charge in [0.25, 0.3) is 0 Å². The predicted molar refractivity (Wildman–Crippen MR) is 62.8 cm³/mol. The summed E-state index contributed by atoms with van der Waals surface area (Å²) >= 11 is 0. The molecule has 0 radical (unpaired) electrons. The molecule has 4 heteroatoms. The van der Waals surface area contributed by atoms with Crippen molar-refractivity contribution in [2.75, 3.05) is 7.11 Å². The first-order chi connectivity index (χ1) is 8.13. The first kappa shape index (κ1) is 13.5. The average Bonchev–Trinajstić information content (AvgIpc) is 2.28. The Kier molecular flexibility index (Phi) is 5.46. The van der Waals surface area contributed by atoms with Crippen LogP contribution in [0.15, 0.2) is 18.2 Å². The lowest BCUT2D eigenvalue weighted by Crippen LogP contribution is -1.95. The Hall–Kier alpha value is -1.58. The topological polar surface area (TPSA) is 46.5 Å². The van der Waals surface area contributed by atoms with Crippen molar-refractivity contribution in [3.8, 4) is 5.75 Å². The smallest absolute Gasteiger partial charge is 0.303 e. The van der Waals surface area contributed by atoms with Crippen LogP contribution in [0.25, 0.3) is 0 Å². The molecule has 0 amide bonds. The zero-order chi connectivity index (χ0) is 12.7. The van der Waals surface area contributed by atoms with Gasteiger partial charge in [0.15, 0.2) is 11.6 Å². The van der Waals surface area contributed by atoms with Gasteiger partial charge in [-0.3, -0.25) is 4.79 Å². The van der Waals surface area contributed by atoms with Crippen molar-refractivity contribution in [3.63, 3.8) is 0 Å². The molecule has 1 rings (SSSR count). The van der Waals surface area contributed by atoms with Gasteiger partial charge in [-0.15, -0.1) is 0 Å². The lowest BCUT2D eigenvalue weighted by Gasteiger charge is -2.05. The number of rotatable bonds is 7. The third-order valence-electron chi connectivity index (χ3n) is 2.57. The Bertz CT molecular complexity index is 377. The van der Waals surface area contributed by atoms with Gasteiger partial charge in [0.1, 0.15) is 0 Å². The number of methoxy groups -OCH3 is 1. The van der Waals surface area contributed by atoms with E-state index in [1.807, 2.05) is 6.07 Å². The predicted octanol–water partition coefficient (Wildman–Crippen LogP) is 3.02. The maximum Gasteiger partial charge on any atom is 0.303 e. The molecule has 1 N–H and O–H groups in total. The van der Waals surface area contributed by atoms with Gasteiger partial charge in [-0.05, 0) is 37.0 Å². The van der Waals surface area contributed by atoms with E-state index in [0.717, 1.165) is 24.8 Å². The van der Waals surface area contributed by atoms with Crippen LogP contribution in [0.1, 0.15) is 31.2 Å². The fraction of sp³-hybridized carbons (Fsp3) is 0.462. The van der Waals surface area contributed by atoms with Crippen LogP contribution < -0.4 is 4.74 Å². The molecule has 17 heavy (non-hydrogen) atoms. The second-order valence-electron chi connectivity index (χ2n) is 3.92. The fourth-order valence-electron chi connectivity index (χ4n) is 1.65. The number of carboxylic acid groups (broad SMARTS) is 1. The summed E-state index contributed by atoms with van der Waals surface area (Å²) in [6, 6.07) is 4.91. The highest BCUT2D eigenvalue weighted by atomic mass is 19.1. The molecule has 0 saturated carbocycles. The molecule has 0 aliphatic rings. The summed E-state index contributed by atoms with van der Waals surface area (Å²) in [5.41, 5.74) is 0.915. The Morgan fingerprint density at radius 3 is 2.71 bits per heavy atom. The summed E-state index contributed by atoms with van der Waals surface area (Å²) in [6.45, 7) is 0. The molecule has 0 spiro atoms. The molecule has 94 valence electrons. The highest BCUT2D eigenvalue weighted by molar-refractivity contribution is 5.66. The fourth-order valence-corrected chi connectivity index (χ4v) is 1.65. The number of unbranched alkanes of at least 4 members (excludes halogenated alkanes) is 2. The Morgan fingerprint density at radius 2 is 2.12 bits per heavy atom. The lowest BCUT2D eigenvalue weighted by molar-refractivity contribution is -0.137. The molecular formula is C13H17FO3. The van der Waals surface area contributed by atoms with Crippen molar-refractivity contribution in [3.05, 3.63) is 29.6 Å². The number of carbonyl (C=O) groups is 1. The van der Waals surface area contributed by atoms with Crippen LogP contribution in [-0.2, 0) is 11.2 Å². The average molecular weight is 240 g/mol. The minimum Gasteiger partial charge on any atom is -0.494 e. The van der Waals surface area contributed by atoms with E-state index in [-0.39, 0.29) is 18.0 Å². The molecular weight excluding hydrogens is 223 g/mol. The van der Waals surface area contributed by atoms with Crippen molar-refractivity contribution in [1.82, 2.24) is 0 Å². The third kappa shape index (κ3) is 4.85. The maximum absolute atomic E-state index is 13.3. The Morgan fingerprint density at radius 1 is 1.35 bits per heavy atom. The summed E-state index contributed by atoms with van der Waals surface area (Å²) in [4.78, 5) is 10.3. The number of carboxylic acids is 1. The highest BCUT2D eigenvalue weighted by Gasteiger charge is 2.03. The van der Waals surface area contributed by atoms with Crippen LogP contribution in [0.5, 0.6) is 5.75 Å². The van der Waals surface area contributed by atoms with Gasteiger partial charge in [0, 0.05) is 6.42 Å². The maximum atomic E-state index is 13.3. The van der Waals surface area contributed by atoms with E-state index in [1.54, 1.807) is 6.07 Å². The van der Waals surface area contributed by atoms with Gasteiger partial charge in [0.2, 0.25) is 0 Å². The van der Waals surface area contributed by atoms with E-state index in [1.165, 1.54) is 13.2 Å². The summed E-state index contributed by atoms with van der Waals surface area (Å²) in [5.74, 6) is -0.865. The van der Waals surface area contributed by atoms with Crippen molar-refractivity contribution in [2.24, 2.45) is 0 Å². The summed E-state index contributed by atoms with van der Waals surface area (Å²) in [7, 11) is 1.43. The molecule has 3 nitrogen and oxygen atoms in total. The first-order valence-corrected chi connectivity index (χ1v) is 5.67. The van der Waals surface area contributed by atoms with Gasteiger partial charge in [-0.25, -0.2) is 4.39 Å². The van der Waals surface area contributed by atoms with Crippen LogP contribution >= 0.6 is 0 Å². The van der Waals surface area contributed by atoms with E-state index >= 15 is 0 Å². The van der Waals surface area contributed by atoms with E-state index in [9.17, 15) is 9.18 Å². The molecule has 0 aliphatic carbocycles. The van der Waals surface area contributed by atoms with Gasteiger partial charge < -0.3 is 9.84 Å². The van der Waals surface area contributed by atoms with Crippen molar-refractivity contribution < 1.29 is 19.0 Å². The second-order valence-corrected chi connectivity index (χ2v) is 3.92. The zero-order valence-corrected chi connectivity index (χ0v) is 9.91. The van der Waals surface area contributed by atoms with Crippen LogP contribution in [0.3, 0.4) is 0 Å². The van der Waals surface area contributed by atoms with Gasteiger partial charge >= 0.3 is 5.97 Å². The van der Waals surface area contributed by atoms with Crippen LogP contribution in [0.4, 0.5) is 4.39 Å². The van der Waals surface area contributed by atoms with Crippen molar-refractivity contribution >= 4 is 5.97 Å². The molecule has 0 aliphatic heterocycles. The number of hydrogen-bond acceptors (Lipinski definition) is 2. The molecule has 1 aromatic carbocycles. The van der Waals surface area contributed by atoms with E-state index in [0.29, 0.717) is 6.42 Å². The van der Waals surface area contributed by atoms with Crippen molar-refractivity contribution in [1.29, 1.82) is 0 Å². The summed E-state index contributed by atoms with van der Waals surface area (Å²) in [6.07, 6.45) is 3.37. The molecule has 0 aromatic heterocycles. The zero-order valence-electron chi connectivity index (χ0n) is 9.91. The van der Waals surface area contributed by atoms with E-state index in [2.05, 4.69) is 0 Å². The minimum absolute atomic E-state index is 0.205. The number of benzene rings is 1. The van der Waals surface area contributed by atoms with Gasteiger partial charge in [-0.1, -0.05) is 12.5 Å². The van der Waals surface area contributed by atoms with Crippen LogP contribution in [0.2, 0.25) is 0 Å². The molecule has 0 unspecified atom stereocenters. The van der Waals surface area contributed by atoms with Crippen LogP contribution in [-0.4, -0.2) is 18.2 Å². The normalized spacial score (nSPS) is 10.2. The Balaban J connectivity index is 2.32. The monoisotopic (exact) mass is 240 g/mol. The number of hydrogen-bond donors (Lipinski definition) is 1. The molecule has 0 saturated heterocycles. The Labute approximate surface area is 100 Å². The van der Waals surface area contributed by atoms with Gasteiger partial charge in [0.05, 0.1) is 7.11 Å². The molecule has 0 atom stereocenters. The van der Waals surface area contributed by atoms with E-state index < -0.39 is 5.97 Å². The quantitative estimate of drug-likeness (QED) is 0.745. The first-order valence-electron chi connectivity index (χ1n) is 5.67. The van der Waals surface area contributed by atoms with Crippen molar-refractivity contribution in [2.45, 2.75) is 32.1 Å². The highest BCUT2D eigenvalue weighted by Crippen LogP contribution is 2.19. The second kappa shape index (κ2) is 6.89. The summed E-state index contributed by atoms with van der Waals surface area (Å²) in [5, 5.41) is 8.46. The van der Waals surface area contributed by atoms with Crippen LogP contribution in [0, 0.1) is 5.82 Å². The van der Waals surface area contributed by atoms with Gasteiger partial charge in [-0.2, -0.15) is 0 Å².